The number of nitrogens with one attached hydrogen (secondary N) is 1. The first-order valence-corrected chi connectivity index (χ1v) is 5.30. The minimum atomic E-state index is -1.09. The van der Waals surface area contributed by atoms with Crippen molar-refractivity contribution < 1.29 is 24.2 Å². The van der Waals surface area contributed by atoms with Gasteiger partial charge >= 0.3 is 5.97 Å². The third-order valence-electron chi connectivity index (χ3n) is 1.95. The molecule has 0 aromatic heterocycles. The highest BCUT2D eigenvalue weighted by Crippen LogP contribution is 1.81. The third-order valence-corrected chi connectivity index (χ3v) is 1.95. The summed E-state index contributed by atoms with van der Waals surface area (Å²) in [7, 11) is 3.56. The number of carbonyl (C=O) groups excluding carboxylic acids is 1. The van der Waals surface area contributed by atoms with Crippen molar-refractivity contribution in [2.75, 3.05) is 53.6 Å². The number of ether oxygens (including phenoxy) is 2. The number of methoxy groups -OCH3 is 1. The van der Waals surface area contributed by atoms with Crippen LogP contribution in [0.4, 0.5) is 0 Å². The first kappa shape index (κ1) is 15.8. The van der Waals surface area contributed by atoms with E-state index in [4.69, 9.17) is 9.84 Å². The Balaban J connectivity index is 3.41. The molecule has 7 heteroatoms. The standard InChI is InChI=1S/C10H20N2O5/c1-12(5-6-16-2)4-3-11-9(13)7-17-8-10(14)15/h3-8H2,1-2H3,(H,11,13)(H,14,15). The molecule has 0 aliphatic heterocycles. The normalized spacial score (nSPS) is 10.5. The number of nitrogens with zero attached hydrogens (tertiary/aromatic N) is 1. The van der Waals surface area contributed by atoms with Gasteiger partial charge < -0.3 is 24.8 Å². The van der Waals surface area contributed by atoms with E-state index < -0.39 is 12.6 Å². The fraction of sp³-hybridized carbons (Fsp3) is 0.800. The Morgan fingerprint density at radius 2 is 2.00 bits per heavy atom. The first-order chi connectivity index (χ1) is 8.06. The number of rotatable bonds is 10. The molecule has 0 saturated heterocycles. The second-order valence-corrected chi connectivity index (χ2v) is 3.53. The summed E-state index contributed by atoms with van der Waals surface area (Å²) in [4.78, 5) is 23.3. The highest BCUT2D eigenvalue weighted by atomic mass is 16.5. The van der Waals surface area contributed by atoms with Gasteiger partial charge in [0.25, 0.3) is 0 Å². The Morgan fingerprint density at radius 3 is 2.59 bits per heavy atom. The predicted molar refractivity (Wildman–Crippen MR) is 60.8 cm³/mol. The monoisotopic (exact) mass is 248 g/mol. The molecule has 0 rings (SSSR count). The fourth-order valence-corrected chi connectivity index (χ4v) is 1.03. The second-order valence-electron chi connectivity index (χ2n) is 3.53. The van der Waals surface area contributed by atoms with E-state index in [0.717, 1.165) is 6.54 Å². The predicted octanol–water partition coefficient (Wildman–Crippen LogP) is -1.22. The molecule has 1 amide bonds. The molecule has 17 heavy (non-hydrogen) atoms. The molecule has 0 saturated carbocycles. The lowest BCUT2D eigenvalue weighted by atomic mass is 10.5. The van der Waals surface area contributed by atoms with Gasteiger partial charge in [-0.1, -0.05) is 0 Å². The van der Waals surface area contributed by atoms with E-state index in [2.05, 4.69) is 10.1 Å². The molecule has 7 nitrogen and oxygen atoms in total. The summed E-state index contributed by atoms with van der Waals surface area (Å²) in [5, 5.41) is 10.9. The summed E-state index contributed by atoms with van der Waals surface area (Å²) in [5.41, 5.74) is 0. The van der Waals surface area contributed by atoms with Crippen molar-refractivity contribution in [1.82, 2.24) is 10.2 Å². The van der Waals surface area contributed by atoms with Crippen molar-refractivity contribution in [2.24, 2.45) is 0 Å². The quantitative estimate of drug-likeness (QED) is 0.504. The summed E-state index contributed by atoms with van der Waals surface area (Å²) in [6.45, 7) is 1.95. The van der Waals surface area contributed by atoms with Gasteiger partial charge in [-0.3, -0.25) is 4.79 Å². The van der Waals surface area contributed by atoms with Crippen molar-refractivity contribution in [3.05, 3.63) is 0 Å². The lowest BCUT2D eigenvalue weighted by molar-refractivity contribution is -0.143. The Labute approximate surface area is 101 Å². The summed E-state index contributed by atoms with van der Waals surface area (Å²) in [5.74, 6) is -1.40. The fourth-order valence-electron chi connectivity index (χ4n) is 1.03. The van der Waals surface area contributed by atoms with Gasteiger partial charge in [0.05, 0.1) is 6.61 Å². The highest BCUT2D eigenvalue weighted by Gasteiger charge is 2.04. The molecule has 0 bridgehead atoms. The lowest BCUT2D eigenvalue weighted by Gasteiger charge is -2.16. The molecular weight excluding hydrogens is 228 g/mol. The van der Waals surface area contributed by atoms with Crippen molar-refractivity contribution >= 4 is 11.9 Å². The van der Waals surface area contributed by atoms with Gasteiger partial charge in [-0.15, -0.1) is 0 Å². The smallest absolute Gasteiger partial charge is 0.329 e. The van der Waals surface area contributed by atoms with Gasteiger partial charge in [0.2, 0.25) is 5.91 Å². The number of aliphatic carboxylic acids is 1. The average Bonchev–Trinajstić information content (AvgIpc) is 2.25. The van der Waals surface area contributed by atoms with E-state index in [1.165, 1.54) is 0 Å². The summed E-state index contributed by atoms with van der Waals surface area (Å²) in [6.07, 6.45) is 0. The zero-order valence-corrected chi connectivity index (χ0v) is 10.3. The van der Waals surface area contributed by atoms with E-state index in [-0.39, 0.29) is 12.5 Å². The molecule has 0 radical (unpaired) electrons. The number of hydrogen-bond acceptors (Lipinski definition) is 5. The number of carboxylic acid groups (broad SMARTS) is 1. The third kappa shape index (κ3) is 11.1. The van der Waals surface area contributed by atoms with Crippen LogP contribution in [0.2, 0.25) is 0 Å². The molecular formula is C10H20N2O5. The molecule has 0 aliphatic rings. The number of carbonyl (C=O) groups is 2. The number of likely N-dealkylation sites (N-methyl/N-ethyl adjacent to an activating group) is 1. The van der Waals surface area contributed by atoms with Crippen LogP contribution in [0.15, 0.2) is 0 Å². The average molecular weight is 248 g/mol. The largest absolute Gasteiger partial charge is 0.480 e. The van der Waals surface area contributed by atoms with Gasteiger partial charge in [-0.25, -0.2) is 4.79 Å². The molecule has 0 unspecified atom stereocenters. The van der Waals surface area contributed by atoms with Gasteiger partial charge in [0.15, 0.2) is 0 Å². The van der Waals surface area contributed by atoms with E-state index >= 15 is 0 Å². The molecule has 2 N–H and O–H groups in total. The van der Waals surface area contributed by atoms with Crippen LogP contribution in [0.3, 0.4) is 0 Å². The van der Waals surface area contributed by atoms with Crippen molar-refractivity contribution in [1.29, 1.82) is 0 Å². The van der Waals surface area contributed by atoms with Crippen LogP contribution in [0.5, 0.6) is 0 Å². The SMILES string of the molecule is COCCN(C)CCNC(=O)COCC(=O)O. The molecule has 0 spiro atoms. The molecule has 0 atom stereocenters. The zero-order valence-electron chi connectivity index (χ0n) is 10.3. The topological polar surface area (TPSA) is 88.1 Å². The maximum atomic E-state index is 11.1. The van der Waals surface area contributed by atoms with Crippen molar-refractivity contribution in [3.8, 4) is 0 Å². The second kappa shape index (κ2) is 10.0. The number of hydrogen-bond donors (Lipinski definition) is 2. The van der Waals surface area contributed by atoms with E-state index in [0.29, 0.717) is 19.7 Å². The van der Waals surface area contributed by atoms with E-state index in [1.54, 1.807) is 7.11 Å². The minimum absolute atomic E-state index is 0.228. The summed E-state index contributed by atoms with van der Waals surface area (Å²) >= 11 is 0. The van der Waals surface area contributed by atoms with Gasteiger partial charge in [0.1, 0.15) is 13.2 Å². The van der Waals surface area contributed by atoms with Crippen LogP contribution in [0.25, 0.3) is 0 Å². The van der Waals surface area contributed by atoms with Crippen LogP contribution in [0, 0.1) is 0 Å². The van der Waals surface area contributed by atoms with Crippen molar-refractivity contribution in [3.63, 3.8) is 0 Å². The summed E-state index contributed by atoms with van der Waals surface area (Å²) < 4.78 is 9.54. The Hall–Kier alpha value is -1.18. The zero-order chi connectivity index (χ0) is 13.1. The van der Waals surface area contributed by atoms with Crippen LogP contribution in [0.1, 0.15) is 0 Å². The maximum absolute atomic E-state index is 11.1. The van der Waals surface area contributed by atoms with E-state index in [1.807, 2.05) is 11.9 Å². The van der Waals surface area contributed by atoms with Crippen LogP contribution < -0.4 is 5.32 Å². The molecule has 100 valence electrons. The summed E-state index contributed by atoms with van der Waals surface area (Å²) in [6, 6.07) is 0. The Kier molecular flexibility index (Phi) is 9.31. The number of amides is 1. The number of carboxylic acids is 1. The van der Waals surface area contributed by atoms with Crippen molar-refractivity contribution in [2.45, 2.75) is 0 Å². The van der Waals surface area contributed by atoms with E-state index in [9.17, 15) is 9.59 Å². The molecule has 0 aromatic carbocycles. The highest BCUT2D eigenvalue weighted by molar-refractivity contribution is 5.77. The minimum Gasteiger partial charge on any atom is -0.480 e. The van der Waals surface area contributed by atoms with Crippen LogP contribution in [-0.4, -0.2) is 75.5 Å². The Morgan fingerprint density at radius 1 is 1.29 bits per heavy atom. The van der Waals surface area contributed by atoms with Crippen LogP contribution in [-0.2, 0) is 19.1 Å². The van der Waals surface area contributed by atoms with Gasteiger partial charge in [-0.2, -0.15) is 0 Å². The first-order valence-electron chi connectivity index (χ1n) is 5.30. The molecule has 0 aromatic rings. The maximum Gasteiger partial charge on any atom is 0.329 e. The van der Waals surface area contributed by atoms with Gasteiger partial charge in [-0.05, 0) is 7.05 Å². The molecule has 0 heterocycles. The van der Waals surface area contributed by atoms with Crippen LogP contribution >= 0.6 is 0 Å². The molecule has 0 fully saturated rings. The Bertz CT molecular complexity index is 235. The molecule has 0 aliphatic carbocycles. The lowest BCUT2D eigenvalue weighted by Crippen LogP contribution is -2.36. The van der Waals surface area contributed by atoms with Gasteiger partial charge in [0, 0.05) is 26.7 Å².